The second kappa shape index (κ2) is 8.11. The molecule has 0 bridgehead atoms. The van der Waals surface area contributed by atoms with Gasteiger partial charge in [0, 0.05) is 4.75 Å². The van der Waals surface area contributed by atoms with Gasteiger partial charge >= 0.3 is 17.2 Å². The van der Waals surface area contributed by atoms with Gasteiger partial charge < -0.3 is 19.9 Å². The zero-order valence-electron chi connectivity index (χ0n) is 12.3. The van der Waals surface area contributed by atoms with Crippen molar-refractivity contribution in [2.45, 2.75) is 38.5 Å². The minimum atomic E-state index is -1.07. The molecular weight excluding hydrogens is 286 g/mol. The number of esters is 1. The van der Waals surface area contributed by atoms with E-state index in [9.17, 15) is 14.4 Å². The smallest absolute Gasteiger partial charge is 0.370 e. The molecule has 0 amide bonds. The van der Waals surface area contributed by atoms with Crippen LogP contribution >= 0.6 is 11.8 Å². The first-order valence-electron chi connectivity index (χ1n) is 6.04. The summed E-state index contributed by atoms with van der Waals surface area (Å²) in [5, 5.41) is 11.0. The van der Waals surface area contributed by atoms with Gasteiger partial charge in [0.2, 0.25) is 6.79 Å². The minimum absolute atomic E-state index is 0.307. The number of carbonyl (C=O) groups is 3. The predicted octanol–water partition coefficient (Wildman–Crippen LogP) is 1.46. The van der Waals surface area contributed by atoms with Gasteiger partial charge in [-0.05, 0) is 32.7 Å². The Kier molecular flexibility index (Phi) is 7.59. The SMILES string of the molecule is CN[C@@H](C(=O)O)C(C)(C)SC(=O)OCOC(=O)C(C)C. The van der Waals surface area contributed by atoms with Crippen LogP contribution in [0.3, 0.4) is 0 Å². The lowest BCUT2D eigenvalue weighted by molar-refractivity contribution is -0.155. The largest absolute Gasteiger partial charge is 0.480 e. The average Bonchev–Trinajstić information content (AvgIpc) is 2.27. The molecule has 7 nitrogen and oxygen atoms in total. The van der Waals surface area contributed by atoms with E-state index in [1.54, 1.807) is 27.7 Å². The van der Waals surface area contributed by atoms with Gasteiger partial charge in [0.15, 0.2) is 0 Å². The van der Waals surface area contributed by atoms with Crippen molar-refractivity contribution in [1.82, 2.24) is 5.32 Å². The second-order valence-electron chi connectivity index (χ2n) is 4.90. The zero-order valence-corrected chi connectivity index (χ0v) is 13.1. The van der Waals surface area contributed by atoms with Gasteiger partial charge in [-0.25, -0.2) is 4.79 Å². The Morgan fingerprint density at radius 3 is 2.20 bits per heavy atom. The molecule has 20 heavy (non-hydrogen) atoms. The molecule has 1 atom stereocenters. The lowest BCUT2D eigenvalue weighted by Gasteiger charge is -2.28. The highest BCUT2D eigenvalue weighted by Crippen LogP contribution is 2.30. The fourth-order valence-corrected chi connectivity index (χ4v) is 2.25. The van der Waals surface area contributed by atoms with Crippen LogP contribution in [0.5, 0.6) is 0 Å². The van der Waals surface area contributed by atoms with E-state index in [1.807, 2.05) is 0 Å². The number of nitrogens with one attached hydrogen (secondary N) is 1. The molecule has 0 saturated carbocycles. The Morgan fingerprint density at radius 2 is 1.80 bits per heavy atom. The first-order chi connectivity index (χ1) is 9.11. The number of hydrogen-bond acceptors (Lipinski definition) is 7. The highest BCUT2D eigenvalue weighted by atomic mass is 32.2. The molecule has 0 heterocycles. The molecule has 0 spiro atoms. The van der Waals surface area contributed by atoms with Gasteiger partial charge in [-0.1, -0.05) is 13.8 Å². The molecular formula is C12H21NO6S. The monoisotopic (exact) mass is 307 g/mol. The van der Waals surface area contributed by atoms with Gasteiger partial charge in [-0.3, -0.25) is 9.59 Å². The molecule has 0 aromatic heterocycles. The van der Waals surface area contributed by atoms with Gasteiger partial charge in [-0.15, -0.1) is 0 Å². The molecule has 0 rings (SSSR count). The summed E-state index contributed by atoms with van der Waals surface area (Å²) in [4.78, 5) is 33.8. The van der Waals surface area contributed by atoms with E-state index in [0.717, 1.165) is 11.8 Å². The van der Waals surface area contributed by atoms with Crippen LogP contribution in [0.2, 0.25) is 0 Å². The maximum atomic E-state index is 11.6. The van der Waals surface area contributed by atoms with Crippen LogP contribution in [0.15, 0.2) is 0 Å². The molecule has 0 saturated heterocycles. The number of carboxylic acid groups (broad SMARTS) is 1. The number of hydrogen-bond donors (Lipinski definition) is 2. The Balaban J connectivity index is 4.31. The van der Waals surface area contributed by atoms with E-state index >= 15 is 0 Å². The Hall–Kier alpha value is -1.28. The lowest BCUT2D eigenvalue weighted by atomic mass is 10.0. The highest BCUT2D eigenvalue weighted by molar-refractivity contribution is 8.14. The summed E-state index contributed by atoms with van der Waals surface area (Å²) in [5.74, 6) is -1.84. The van der Waals surface area contributed by atoms with Crippen LogP contribution in [0.25, 0.3) is 0 Å². The molecule has 0 unspecified atom stereocenters. The lowest BCUT2D eigenvalue weighted by Crippen LogP contribution is -2.49. The van der Waals surface area contributed by atoms with E-state index in [-0.39, 0.29) is 5.92 Å². The van der Waals surface area contributed by atoms with Crippen LogP contribution in [0, 0.1) is 5.92 Å². The molecule has 0 aliphatic rings. The molecule has 116 valence electrons. The maximum absolute atomic E-state index is 11.6. The molecule has 0 aliphatic heterocycles. The summed E-state index contributed by atoms with van der Waals surface area (Å²) in [6.45, 7) is 6.05. The zero-order chi connectivity index (χ0) is 15.9. The number of ether oxygens (including phenoxy) is 2. The molecule has 8 heteroatoms. The first kappa shape index (κ1) is 18.7. The fraction of sp³-hybridized carbons (Fsp3) is 0.750. The predicted molar refractivity (Wildman–Crippen MR) is 74.4 cm³/mol. The first-order valence-corrected chi connectivity index (χ1v) is 6.86. The summed E-state index contributed by atoms with van der Waals surface area (Å²) >= 11 is 0.727. The van der Waals surface area contributed by atoms with Gasteiger partial charge in [-0.2, -0.15) is 0 Å². The Labute approximate surface area is 122 Å². The third kappa shape index (κ3) is 6.25. The Morgan fingerprint density at radius 1 is 1.25 bits per heavy atom. The highest BCUT2D eigenvalue weighted by Gasteiger charge is 2.37. The van der Waals surface area contributed by atoms with Crippen LogP contribution in [-0.2, 0) is 19.1 Å². The van der Waals surface area contributed by atoms with Crippen molar-refractivity contribution < 1.29 is 29.0 Å². The van der Waals surface area contributed by atoms with E-state index in [0.29, 0.717) is 0 Å². The van der Waals surface area contributed by atoms with Gasteiger partial charge in [0.1, 0.15) is 6.04 Å². The van der Waals surface area contributed by atoms with E-state index in [1.165, 1.54) is 7.05 Å². The summed E-state index contributed by atoms with van der Waals surface area (Å²) in [6.07, 6.45) is 0. The standard InChI is InChI=1S/C12H21NO6S/c1-7(2)10(16)18-6-19-11(17)20-12(3,4)8(13-5)9(14)15/h7-8,13H,6H2,1-5H3,(H,14,15)/t8-/m0/s1. The van der Waals surface area contributed by atoms with Crippen molar-refractivity contribution in [3.8, 4) is 0 Å². The molecule has 0 aromatic rings. The van der Waals surface area contributed by atoms with Crippen molar-refractivity contribution >= 4 is 29.0 Å². The third-order valence-corrected chi connectivity index (χ3v) is 3.47. The minimum Gasteiger partial charge on any atom is -0.480 e. The topological polar surface area (TPSA) is 102 Å². The van der Waals surface area contributed by atoms with Crippen molar-refractivity contribution in [1.29, 1.82) is 0 Å². The molecule has 0 fully saturated rings. The van der Waals surface area contributed by atoms with Gasteiger partial charge in [0.05, 0.1) is 5.92 Å². The van der Waals surface area contributed by atoms with Crippen LogP contribution in [0.4, 0.5) is 4.79 Å². The number of carbonyl (C=O) groups excluding carboxylic acids is 2. The molecule has 2 N–H and O–H groups in total. The van der Waals surface area contributed by atoms with Crippen LogP contribution in [0.1, 0.15) is 27.7 Å². The maximum Gasteiger partial charge on any atom is 0.370 e. The average molecular weight is 307 g/mol. The van der Waals surface area contributed by atoms with E-state index in [4.69, 9.17) is 14.6 Å². The summed E-state index contributed by atoms with van der Waals surface area (Å²) < 4.78 is 8.51. The quantitative estimate of drug-likeness (QED) is 0.538. The van der Waals surface area contributed by atoms with Crippen LogP contribution in [-0.4, -0.2) is 47.0 Å². The molecule has 0 radical (unpaired) electrons. The normalized spacial score (nSPS) is 12.9. The number of likely N-dealkylation sites (N-methyl/N-ethyl adjacent to an activating group) is 1. The van der Waals surface area contributed by atoms with Gasteiger partial charge in [0.25, 0.3) is 0 Å². The number of carboxylic acids is 1. The van der Waals surface area contributed by atoms with Crippen molar-refractivity contribution in [3.63, 3.8) is 0 Å². The van der Waals surface area contributed by atoms with E-state index < -0.39 is 34.8 Å². The second-order valence-corrected chi connectivity index (χ2v) is 6.49. The van der Waals surface area contributed by atoms with Crippen molar-refractivity contribution in [3.05, 3.63) is 0 Å². The van der Waals surface area contributed by atoms with Crippen LogP contribution < -0.4 is 5.32 Å². The number of aliphatic carboxylic acids is 1. The van der Waals surface area contributed by atoms with Crippen molar-refractivity contribution in [2.75, 3.05) is 13.8 Å². The fourth-order valence-electron chi connectivity index (χ4n) is 1.37. The number of rotatable bonds is 7. The molecule has 0 aliphatic carbocycles. The molecule has 0 aromatic carbocycles. The summed E-state index contributed by atoms with van der Waals surface area (Å²) in [5.41, 5.74) is 0. The summed E-state index contributed by atoms with van der Waals surface area (Å²) in [6, 6.07) is -0.918. The summed E-state index contributed by atoms with van der Waals surface area (Å²) in [7, 11) is 1.50. The number of thioether (sulfide) groups is 1. The van der Waals surface area contributed by atoms with Crippen molar-refractivity contribution in [2.24, 2.45) is 5.92 Å². The Bertz CT molecular complexity index is 369. The third-order valence-electron chi connectivity index (χ3n) is 2.43. The van der Waals surface area contributed by atoms with E-state index in [2.05, 4.69) is 5.32 Å².